The molecule has 2 heterocycles. The number of carbonyl (C=O) groups excluding carboxylic acids is 1. The molecule has 0 spiro atoms. The Kier molecular flexibility index (Phi) is 4.66. The van der Waals surface area contributed by atoms with Gasteiger partial charge in [-0.05, 0) is 37.5 Å². The number of nitrogens with one attached hydrogen (secondary N) is 1. The Morgan fingerprint density at radius 1 is 1.35 bits per heavy atom. The summed E-state index contributed by atoms with van der Waals surface area (Å²) in [6.07, 6.45) is 6.57. The number of carbonyl (C=O) groups is 1. The minimum Gasteiger partial charge on any atom is -0.376 e. The fourth-order valence-corrected chi connectivity index (χ4v) is 2.53. The van der Waals surface area contributed by atoms with Gasteiger partial charge in [-0.25, -0.2) is 8.78 Å². The van der Waals surface area contributed by atoms with Crippen LogP contribution in [0.3, 0.4) is 0 Å². The molecule has 23 heavy (non-hydrogen) atoms. The van der Waals surface area contributed by atoms with Crippen LogP contribution < -0.4 is 5.32 Å². The van der Waals surface area contributed by atoms with Crippen molar-refractivity contribution in [1.82, 2.24) is 9.78 Å². The second-order valence-electron chi connectivity index (χ2n) is 5.52. The Bertz CT molecular complexity index is 696. The molecule has 0 aliphatic carbocycles. The van der Waals surface area contributed by atoms with E-state index in [-0.39, 0.29) is 11.7 Å². The van der Waals surface area contributed by atoms with Crippen LogP contribution in [0.1, 0.15) is 29.6 Å². The lowest BCUT2D eigenvalue weighted by Crippen LogP contribution is -2.24. The van der Waals surface area contributed by atoms with Crippen molar-refractivity contribution >= 4 is 11.6 Å². The summed E-state index contributed by atoms with van der Waals surface area (Å²) in [4.78, 5) is 12.0. The maximum atomic E-state index is 13.2. The Hall–Kier alpha value is -2.28. The van der Waals surface area contributed by atoms with Gasteiger partial charge in [0.05, 0.1) is 24.5 Å². The van der Waals surface area contributed by atoms with Crippen LogP contribution >= 0.6 is 0 Å². The van der Waals surface area contributed by atoms with Gasteiger partial charge >= 0.3 is 0 Å². The van der Waals surface area contributed by atoms with Gasteiger partial charge in [0.2, 0.25) is 0 Å². The summed E-state index contributed by atoms with van der Waals surface area (Å²) in [5.41, 5.74) is 0.544. The quantitative estimate of drug-likeness (QED) is 0.942. The number of hydrogen-bond acceptors (Lipinski definition) is 3. The van der Waals surface area contributed by atoms with Gasteiger partial charge in [0.1, 0.15) is 0 Å². The molecule has 1 aliphatic rings. The van der Waals surface area contributed by atoms with E-state index in [9.17, 15) is 13.6 Å². The van der Waals surface area contributed by atoms with Crippen LogP contribution in [0.25, 0.3) is 0 Å². The normalized spacial score (nSPS) is 17.9. The van der Waals surface area contributed by atoms with Crippen molar-refractivity contribution in [2.75, 3.05) is 11.9 Å². The van der Waals surface area contributed by atoms with Crippen LogP contribution in [0.5, 0.6) is 0 Å². The molecule has 0 bridgehead atoms. The molecule has 122 valence electrons. The zero-order valence-corrected chi connectivity index (χ0v) is 12.5. The van der Waals surface area contributed by atoms with Crippen LogP contribution in [0.2, 0.25) is 0 Å². The molecule has 0 saturated carbocycles. The molecule has 1 aromatic heterocycles. The summed E-state index contributed by atoms with van der Waals surface area (Å²) in [7, 11) is 0. The van der Waals surface area contributed by atoms with E-state index in [0.29, 0.717) is 12.2 Å². The van der Waals surface area contributed by atoms with Crippen LogP contribution in [0, 0.1) is 11.6 Å². The molecule has 1 aliphatic heterocycles. The van der Waals surface area contributed by atoms with E-state index >= 15 is 0 Å². The SMILES string of the molecule is O=C(Nc1cnn(C[C@@H]2CCCCO2)c1)c1ccc(F)c(F)c1. The van der Waals surface area contributed by atoms with Gasteiger partial charge in [-0.3, -0.25) is 9.48 Å². The smallest absolute Gasteiger partial charge is 0.255 e. The van der Waals surface area contributed by atoms with Crippen LogP contribution in [-0.4, -0.2) is 28.4 Å². The van der Waals surface area contributed by atoms with E-state index < -0.39 is 17.5 Å². The molecule has 2 aromatic rings. The summed E-state index contributed by atoms with van der Waals surface area (Å²) < 4.78 is 33.4. The molecule has 1 aromatic carbocycles. The van der Waals surface area contributed by atoms with Crippen molar-refractivity contribution in [1.29, 1.82) is 0 Å². The lowest BCUT2D eigenvalue weighted by Gasteiger charge is -2.22. The molecule has 1 atom stereocenters. The highest BCUT2D eigenvalue weighted by Crippen LogP contribution is 2.16. The van der Waals surface area contributed by atoms with Gasteiger partial charge < -0.3 is 10.1 Å². The Morgan fingerprint density at radius 2 is 2.22 bits per heavy atom. The zero-order chi connectivity index (χ0) is 16.2. The summed E-state index contributed by atoms with van der Waals surface area (Å²) in [5.74, 6) is -2.55. The predicted octanol–water partition coefficient (Wildman–Crippen LogP) is 2.98. The van der Waals surface area contributed by atoms with E-state index in [4.69, 9.17) is 4.74 Å². The van der Waals surface area contributed by atoms with Gasteiger partial charge in [0.25, 0.3) is 5.91 Å². The maximum absolute atomic E-state index is 13.2. The largest absolute Gasteiger partial charge is 0.376 e. The van der Waals surface area contributed by atoms with Crippen molar-refractivity contribution in [3.8, 4) is 0 Å². The first-order chi connectivity index (χ1) is 11.1. The highest BCUT2D eigenvalue weighted by Gasteiger charge is 2.15. The molecule has 5 nitrogen and oxygen atoms in total. The second-order valence-corrected chi connectivity index (χ2v) is 5.52. The topological polar surface area (TPSA) is 56.2 Å². The fraction of sp³-hybridized carbons (Fsp3) is 0.375. The van der Waals surface area contributed by atoms with Gasteiger partial charge in [-0.1, -0.05) is 0 Å². The van der Waals surface area contributed by atoms with Gasteiger partial charge in [-0.2, -0.15) is 5.10 Å². The van der Waals surface area contributed by atoms with E-state index in [1.807, 2.05) is 0 Å². The first-order valence-electron chi connectivity index (χ1n) is 7.52. The van der Waals surface area contributed by atoms with Crippen molar-refractivity contribution in [2.24, 2.45) is 0 Å². The molecule has 7 heteroatoms. The second kappa shape index (κ2) is 6.87. The Morgan fingerprint density at radius 3 is 2.96 bits per heavy atom. The number of nitrogens with zero attached hydrogens (tertiary/aromatic N) is 2. The zero-order valence-electron chi connectivity index (χ0n) is 12.5. The number of amides is 1. The number of benzene rings is 1. The lowest BCUT2D eigenvalue weighted by atomic mass is 10.1. The predicted molar refractivity (Wildman–Crippen MR) is 80.1 cm³/mol. The van der Waals surface area contributed by atoms with E-state index in [1.165, 1.54) is 12.3 Å². The van der Waals surface area contributed by atoms with Gasteiger partial charge in [0.15, 0.2) is 11.6 Å². The summed E-state index contributed by atoms with van der Waals surface area (Å²) in [5, 5.41) is 6.79. The molecule has 0 unspecified atom stereocenters. The molecule has 0 radical (unpaired) electrons. The summed E-state index contributed by atoms with van der Waals surface area (Å²) >= 11 is 0. The Labute approximate surface area is 132 Å². The third-order valence-corrected chi connectivity index (χ3v) is 3.74. The van der Waals surface area contributed by atoms with Gasteiger partial charge in [-0.15, -0.1) is 0 Å². The maximum Gasteiger partial charge on any atom is 0.255 e. The monoisotopic (exact) mass is 321 g/mol. The van der Waals surface area contributed by atoms with E-state index in [2.05, 4.69) is 10.4 Å². The van der Waals surface area contributed by atoms with Crippen molar-refractivity contribution in [3.63, 3.8) is 0 Å². The number of halogens is 2. The average Bonchev–Trinajstić information content (AvgIpc) is 2.98. The standard InChI is InChI=1S/C16H17F2N3O2/c17-14-5-4-11(7-15(14)18)16(22)20-12-8-19-21(9-12)10-13-3-1-2-6-23-13/h4-5,7-9,13H,1-3,6,10H2,(H,20,22)/t13-/m0/s1. The minimum atomic E-state index is -1.05. The van der Waals surface area contributed by atoms with Crippen LogP contribution in [-0.2, 0) is 11.3 Å². The summed E-state index contributed by atoms with van der Waals surface area (Å²) in [6, 6.07) is 3.02. The van der Waals surface area contributed by atoms with Crippen molar-refractivity contribution in [2.45, 2.75) is 31.9 Å². The Balaban J connectivity index is 1.61. The summed E-state index contributed by atoms with van der Waals surface area (Å²) in [6.45, 7) is 1.40. The average molecular weight is 321 g/mol. The van der Waals surface area contributed by atoms with Crippen molar-refractivity contribution < 1.29 is 18.3 Å². The molecule has 1 N–H and O–H groups in total. The third-order valence-electron chi connectivity index (χ3n) is 3.74. The van der Waals surface area contributed by atoms with E-state index in [1.54, 1.807) is 10.9 Å². The first-order valence-corrected chi connectivity index (χ1v) is 7.52. The molecule has 1 fully saturated rings. The number of ether oxygens (including phenoxy) is 1. The fourth-order valence-electron chi connectivity index (χ4n) is 2.53. The van der Waals surface area contributed by atoms with E-state index in [0.717, 1.165) is 38.0 Å². The molecule has 1 amide bonds. The minimum absolute atomic E-state index is 0.0484. The molecular weight excluding hydrogens is 304 g/mol. The molecular formula is C16H17F2N3O2. The number of hydrogen-bond donors (Lipinski definition) is 1. The number of rotatable bonds is 4. The van der Waals surface area contributed by atoms with Crippen molar-refractivity contribution in [3.05, 3.63) is 47.8 Å². The molecule has 3 rings (SSSR count). The van der Waals surface area contributed by atoms with Gasteiger partial charge in [0, 0.05) is 18.4 Å². The number of aromatic nitrogens is 2. The van der Waals surface area contributed by atoms with Crippen LogP contribution in [0.4, 0.5) is 14.5 Å². The van der Waals surface area contributed by atoms with Crippen LogP contribution in [0.15, 0.2) is 30.6 Å². The highest BCUT2D eigenvalue weighted by atomic mass is 19.2. The molecule has 1 saturated heterocycles. The first kappa shape index (κ1) is 15.6. The number of anilines is 1. The lowest BCUT2D eigenvalue weighted by molar-refractivity contribution is 0.00401. The third kappa shape index (κ3) is 3.92. The highest BCUT2D eigenvalue weighted by molar-refractivity contribution is 6.04.